The van der Waals surface area contributed by atoms with E-state index < -0.39 is 11.7 Å². The van der Waals surface area contributed by atoms with Gasteiger partial charge in [0.25, 0.3) is 0 Å². The van der Waals surface area contributed by atoms with Gasteiger partial charge in [-0.1, -0.05) is 12.7 Å². The van der Waals surface area contributed by atoms with Crippen molar-refractivity contribution in [3.05, 3.63) is 24.7 Å². The van der Waals surface area contributed by atoms with Gasteiger partial charge in [-0.2, -0.15) is 0 Å². The van der Waals surface area contributed by atoms with Crippen molar-refractivity contribution in [2.24, 2.45) is 0 Å². The summed E-state index contributed by atoms with van der Waals surface area (Å²) in [5.74, 6) is -1.41. The second-order valence-electron chi connectivity index (χ2n) is 1.49. The van der Waals surface area contributed by atoms with Crippen LogP contribution in [0.1, 0.15) is 0 Å². The van der Waals surface area contributed by atoms with E-state index in [0.29, 0.717) is 0 Å². The third-order valence-electron chi connectivity index (χ3n) is 0.688. The fraction of sp³-hybridized carbons (Fsp3) is 0.167. The van der Waals surface area contributed by atoms with E-state index in [0.717, 1.165) is 6.26 Å². The van der Waals surface area contributed by atoms with Gasteiger partial charge in [-0.3, -0.25) is 0 Å². The first-order valence-corrected chi connectivity index (χ1v) is 3.55. The molecule has 1 N–H and O–H groups in total. The summed E-state index contributed by atoms with van der Waals surface area (Å²) >= 11 is 1.36. The summed E-state index contributed by atoms with van der Waals surface area (Å²) < 4.78 is 8.78. The maximum atomic E-state index is 10.5. The van der Waals surface area contributed by atoms with Crippen molar-refractivity contribution in [2.75, 3.05) is 6.61 Å². The third-order valence-corrected chi connectivity index (χ3v) is 1.09. The fourth-order valence-electron chi connectivity index (χ4n) is 0.283. The van der Waals surface area contributed by atoms with Crippen LogP contribution in [0.5, 0.6) is 0 Å². The van der Waals surface area contributed by atoms with E-state index in [1.807, 2.05) is 0 Å². The normalized spacial score (nSPS) is 9.58. The van der Waals surface area contributed by atoms with Crippen LogP contribution in [0.2, 0.25) is 0 Å². The Morgan fingerprint density at radius 3 is 2.67 bits per heavy atom. The molecule has 0 aliphatic heterocycles. The number of carbonyl (C=O) groups is 1. The molecule has 0 aliphatic carbocycles. The average Bonchev–Trinajstić information content (AvgIpc) is 2.03. The summed E-state index contributed by atoms with van der Waals surface area (Å²) in [5, 5.41) is 8.77. The number of hydrogen-bond acceptors (Lipinski definition) is 4. The van der Waals surface area contributed by atoms with Gasteiger partial charge in [0.15, 0.2) is 23.0 Å². The molecule has 0 saturated carbocycles. The Labute approximate surface area is 107 Å². The molecule has 12 heavy (non-hydrogen) atoms. The van der Waals surface area contributed by atoms with Crippen LogP contribution in [0, 0.1) is 0 Å². The number of aliphatic hydroxyl groups excluding tert-OH is 1. The predicted octanol–water partition coefficient (Wildman–Crippen LogP) is 0.833. The van der Waals surface area contributed by atoms with Gasteiger partial charge >= 0.3 is 35.5 Å². The Hall–Kier alpha value is 0.280. The van der Waals surface area contributed by atoms with E-state index in [1.54, 1.807) is 0 Å². The van der Waals surface area contributed by atoms with Crippen LogP contribution in [0.15, 0.2) is 24.7 Å². The first-order valence-electron chi connectivity index (χ1n) is 2.67. The topological polar surface area (TPSA) is 55.8 Å². The van der Waals surface area contributed by atoms with Gasteiger partial charge < -0.3 is 12.9 Å². The van der Waals surface area contributed by atoms with Crippen molar-refractivity contribution in [3.63, 3.8) is 0 Å². The van der Waals surface area contributed by atoms with Crippen molar-refractivity contribution in [2.45, 2.75) is 0 Å². The molecule has 6 heteroatoms. The van der Waals surface area contributed by atoms with E-state index in [4.69, 9.17) is 5.11 Å². The van der Waals surface area contributed by atoms with Gasteiger partial charge in [-0.25, -0.2) is 4.79 Å². The van der Waals surface area contributed by atoms with Crippen LogP contribution in [0.4, 0.5) is 0 Å². The Kier molecular flexibility index (Phi) is 11.5. The van der Waals surface area contributed by atoms with Crippen LogP contribution in [0.3, 0.4) is 0 Å². The van der Waals surface area contributed by atoms with Crippen molar-refractivity contribution in [1.82, 2.24) is 0 Å². The summed E-state index contributed by atoms with van der Waals surface area (Å²) in [6.07, 6.45) is 2.39. The summed E-state index contributed by atoms with van der Waals surface area (Å²) in [5.41, 5.74) is 0. The number of rotatable bonds is 4. The van der Waals surface area contributed by atoms with Gasteiger partial charge in [-0.05, 0) is 0 Å². The zero-order chi connectivity index (χ0) is 8.69. The van der Waals surface area contributed by atoms with Gasteiger partial charge in [-0.15, -0.1) is 0 Å². The molecule has 0 atom stereocenters. The number of halogens is 1. The second kappa shape index (κ2) is 9.37. The quantitative estimate of drug-likeness (QED) is 0.208. The minimum atomic E-state index is -0.838. The summed E-state index contributed by atoms with van der Waals surface area (Å²) in [6.45, 7) is 3.60. The first-order chi connectivity index (χ1) is 5.22. The Balaban J connectivity index is 0. The molecule has 0 fully saturated rings. The molecule has 0 aromatic heterocycles. The van der Waals surface area contributed by atoms with Crippen LogP contribution in [0.25, 0.3) is 0 Å². The Morgan fingerprint density at radius 1 is 1.67 bits per heavy atom. The van der Waals surface area contributed by atoms with Gasteiger partial charge in [0.05, 0.1) is 0 Å². The fourth-order valence-corrected chi connectivity index (χ4v) is 0.508. The van der Waals surface area contributed by atoms with Crippen molar-refractivity contribution >= 4 is 58.5 Å². The molecule has 0 radical (unpaired) electrons. The minimum absolute atomic E-state index is 0. The van der Waals surface area contributed by atoms with Gasteiger partial charge in [0.2, 0.25) is 5.76 Å². The molecule has 0 aromatic carbocycles. The Bertz CT molecular complexity index is 180. The average molecular weight is 294 g/mol. The molecule has 0 aliphatic rings. The summed E-state index contributed by atoms with van der Waals surface area (Å²) in [4.78, 5) is 10.5. The van der Waals surface area contributed by atoms with Gasteiger partial charge in [0, 0.05) is 0 Å². The molecule has 0 rings (SSSR count). The van der Waals surface area contributed by atoms with E-state index in [9.17, 15) is 4.79 Å². The molecule has 0 bridgehead atoms. The third kappa shape index (κ3) is 6.96. The number of carbonyl (C=O) groups excluding carboxylic acids is 1. The van der Waals surface area contributed by atoms with Crippen LogP contribution in [-0.4, -0.2) is 47.2 Å². The second-order valence-corrected chi connectivity index (χ2v) is 1.93. The monoisotopic (exact) mass is 294 g/mol. The SMILES string of the molecule is C=CCOC=C(O)C(=O)OI.[NaH]. The molecule has 64 valence electrons. The van der Waals surface area contributed by atoms with E-state index in [-0.39, 0.29) is 36.2 Å². The molecule has 0 aromatic rings. The summed E-state index contributed by atoms with van der Waals surface area (Å²) in [6, 6.07) is 0. The van der Waals surface area contributed by atoms with Crippen molar-refractivity contribution in [3.8, 4) is 0 Å². The van der Waals surface area contributed by atoms with E-state index >= 15 is 0 Å². The van der Waals surface area contributed by atoms with Crippen molar-refractivity contribution < 1.29 is 17.7 Å². The standard InChI is InChI=1S/C6H7IO4.Na.H/c1-2-3-10-4-5(8)6(9)11-7;;/h2,4,8H,1,3H2;;. The molecule has 0 unspecified atom stereocenters. The number of ether oxygens (including phenoxy) is 1. The predicted molar refractivity (Wildman–Crippen MR) is 54.1 cm³/mol. The van der Waals surface area contributed by atoms with Crippen LogP contribution >= 0.6 is 23.0 Å². The van der Waals surface area contributed by atoms with Crippen LogP contribution in [-0.2, 0) is 12.6 Å². The molecular weight excluding hydrogens is 286 g/mol. The molecule has 0 spiro atoms. The summed E-state index contributed by atoms with van der Waals surface area (Å²) in [7, 11) is 0. The molecule has 0 amide bonds. The van der Waals surface area contributed by atoms with Gasteiger partial charge in [0.1, 0.15) is 12.9 Å². The molecule has 4 nitrogen and oxygen atoms in total. The number of aliphatic hydroxyl groups is 1. The van der Waals surface area contributed by atoms with E-state index in [2.05, 4.69) is 14.4 Å². The Morgan fingerprint density at radius 2 is 2.25 bits per heavy atom. The first kappa shape index (κ1) is 14.8. The molecule has 0 saturated heterocycles. The molecular formula is C6H8INaO4. The van der Waals surface area contributed by atoms with E-state index in [1.165, 1.54) is 29.1 Å². The number of hydrogen-bond donors (Lipinski definition) is 1. The molecule has 0 heterocycles. The zero-order valence-electron chi connectivity index (χ0n) is 5.62. The maximum absolute atomic E-state index is 10.5. The van der Waals surface area contributed by atoms with Crippen LogP contribution < -0.4 is 0 Å². The zero-order valence-corrected chi connectivity index (χ0v) is 7.78. The van der Waals surface area contributed by atoms with Crippen molar-refractivity contribution in [1.29, 1.82) is 0 Å².